The van der Waals surface area contributed by atoms with E-state index in [9.17, 15) is 9.59 Å². The minimum absolute atomic E-state index is 0.186. The molecule has 7 nitrogen and oxygen atoms in total. The number of H-pyrrole nitrogens is 1. The van der Waals surface area contributed by atoms with Crippen LogP contribution in [0, 0.1) is 4.84 Å². The van der Waals surface area contributed by atoms with Gasteiger partial charge in [-0.3, -0.25) is 9.59 Å². The van der Waals surface area contributed by atoms with E-state index in [1.54, 1.807) is 31.2 Å². The second-order valence-corrected chi connectivity index (χ2v) is 6.80. The fraction of sp³-hybridized carbons (Fsp3) is 0.375. The number of carbonyl (C=O) groups excluding carboxylic acids is 2. The summed E-state index contributed by atoms with van der Waals surface area (Å²) < 4.78 is 5.21. The van der Waals surface area contributed by atoms with Gasteiger partial charge in [-0.15, -0.1) is 5.10 Å². The first-order chi connectivity index (χ1) is 11.2. The van der Waals surface area contributed by atoms with Crippen LogP contribution < -0.4 is 10.6 Å². The van der Waals surface area contributed by atoms with Crippen molar-refractivity contribution in [2.24, 2.45) is 0 Å². The van der Waals surface area contributed by atoms with Crippen LogP contribution in [0.2, 0.25) is 0 Å². The molecule has 0 spiro atoms. The third-order valence-corrected chi connectivity index (χ3v) is 3.25. The van der Waals surface area contributed by atoms with E-state index in [-0.39, 0.29) is 22.2 Å². The van der Waals surface area contributed by atoms with Crippen molar-refractivity contribution >= 4 is 24.0 Å². The minimum atomic E-state index is -0.638. The lowest BCUT2D eigenvalue weighted by Crippen LogP contribution is -2.50. The quantitative estimate of drug-likeness (QED) is 0.737. The molecule has 8 heteroatoms. The summed E-state index contributed by atoms with van der Waals surface area (Å²) in [5.74, 6) is -0.216. The number of nitrogens with zero attached hydrogens (tertiary/aromatic N) is 1. The van der Waals surface area contributed by atoms with Gasteiger partial charge in [0.1, 0.15) is 6.04 Å². The number of benzene rings is 1. The summed E-state index contributed by atoms with van der Waals surface area (Å²) in [5.41, 5.74) is 0.773. The first-order valence-electron chi connectivity index (χ1n) is 7.44. The van der Waals surface area contributed by atoms with Gasteiger partial charge in [0.2, 0.25) is 11.8 Å². The molecule has 0 saturated heterocycles. The Labute approximate surface area is 144 Å². The van der Waals surface area contributed by atoms with Crippen molar-refractivity contribution in [3.05, 3.63) is 34.7 Å². The summed E-state index contributed by atoms with van der Waals surface area (Å²) in [6, 6.07) is 6.02. The Balaban J connectivity index is 2.02. The van der Waals surface area contributed by atoms with Crippen LogP contribution in [0.4, 0.5) is 0 Å². The highest BCUT2D eigenvalue weighted by molar-refractivity contribution is 7.71. The number of rotatable bonds is 4. The molecule has 2 rings (SSSR count). The zero-order chi connectivity index (χ0) is 17.9. The molecule has 0 aliphatic rings. The van der Waals surface area contributed by atoms with Crippen molar-refractivity contribution in [2.75, 3.05) is 0 Å². The smallest absolute Gasteiger partial charge is 0.284 e. The number of aromatic amines is 1. The van der Waals surface area contributed by atoms with Crippen LogP contribution in [0.1, 0.15) is 38.1 Å². The fourth-order valence-electron chi connectivity index (χ4n) is 1.94. The molecule has 0 unspecified atom stereocenters. The number of aromatic nitrogens is 2. The number of amides is 2. The molecule has 1 heterocycles. The van der Waals surface area contributed by atoms with Crippen molar-refractivity contribution in [3.63, 3.8) is 0 Å². The molecule has 1 atom stereocenters. The molecular weight excluding hydrogens is 328 g/mol. The van der Waals surface area contributed by atoms with Crippen LogP contribution >= 0.6 is 12.2 Å². The average molecular weight is 348 g/mol. The Morgan fingerprint density at radius 1 is 1.25 bits per heavy atom. The van der Waals surface area contributed by atoms with Gasteiger partial charge in [0, 0.05) is 16.7 Å². The molecule has 3 N–H and O–H groups in total. The Hall–Kier alpha value is -2.48. The molecule has 0 aliphatic heterocycles. The van der Waals surface area contributed by atoms with Crippen LogP contribution in [0.3, 0.4) is 0 Å². The summed E-state index contributed by atoms with van der Waals surface area (Å²) in [5, 5.41) is 11.9. The highest BCUT2D eigenvalue weighted by atomic mass is 32.1. The normalized spacial score (nSPS) is 12.5. The number of hydrogen-bond donors (Lipinski definition) is 3. The van der Waals surface area contributed by atoms with E-state index in [0.717, 1.165) is 0 Å². The highest BCUT2D eigenvalue weighted by Gasteiger charge is 2.21. The van der Waals surface area contributed by atoms with E-state index >= 15 is 0 Å². The topological polar surface area (TPSA) is 100 Å². The zero-order valence-electron chi connectivity index (χ0n) is 14.0. The molecule has 1 aromatic carbocycles. The number of carbonyl (C=O) groups is 2. The molecule has 128 valence electrons. The van der Waals surface area contributed by atoms with E-state index in [0.29, 0.717) is 17.0 Å². The van der Waals surface area contributed by atoms with E-state index in [4.69, 9.17) is 16.6 Å². The van der Waals surface area contributed by atoms with Crippen molar-refractivity contribution in [1.29, 1.82) is 0 Å². The third-order valence-electron chi connectivity index (χ3n) is 3.07. The first-order valence-corrected chi connectivity index (χ1v) is 7.85. The Morgan fingerprint density at radius 3 is 2.38 bits per heavy atom. The molecule has 24 heavy (non-hydrogen) atoms. The number of nitrogens with one attached hydrogen (secondary N) is 3. The van der Waals surface area contributed by atoms with Crippen molar-refractivity contribution in [1.82, 2.24) is 20.8 Å². The molecule has 0 radical (unpaired) electrons. The first kappa shape index (κ1) is 17.9. The molecule has 0 aliphatic carbocycles. The van der Waals surface area contributed by atoms with Gasteiger partial charge in [-0.05, 0) is 64.2 Å². The van der Waals surface area contributed by atoms with Gasteiger partial charge in [0.05, 0.1) is 0 Å². The summed E-state index contributed by atoms with van der Waals surface area (Å²) in [7, 11) is 0. The van der Waals surface area contributed by atoms with Crippen molar-refractivity contribution in [2.45, 2.75) is 39.3 Å². The van der Waals surface area contributed by atoms with Crippen LogP contribution in [0.15, 0.2) is 28.7 Å². The largest absolute Gasteiger partial charge is 0.409 e. The highest BCUT2D eigenvalue weighted by Crippen LogP contribution is 2.17. The maximum Gasteiger partial charge on any atom is 0.284 e. The monoisotopic (exact) mass is 348 g/mol. The molecule has 0 fully saturated rings. The second-order valence-electron chi connectivity index (χ2n) is 6.43. The summed E-state index contributed by atoms with van der Waals surface area (Å²) >= 11 is 4.82. The molecule has 0 saturated carbocycles. The van der Waals surface area contributed by atoms with Gasteiger partial charge in [-0.25, -0.2) is 5.10 Å². The lowest BCUT2D eigenvalue weighted by Gasteiger charge is -2.23. The van der Waals surface area contributed by atoms with Gasteiger partial charge in [-0.1, -0.05) is 0 Å². The van der Waals surface area contributed by atoms with Crippen LogP contribution in [-0.4, -0.2) is 33.6 Å². The summed E-state index contributed by atoms with van der Waals surface area (Å²) in [6.07, 6.45) is 0. The Morgan fingerprint density at radius 2 is 1.88 bits per heavy atom. The van der Waals surface area contributed by atoms with Crippen molar-refractivity contribution in [3.8, 4) is 11.5 Å². The molecule has 2 aromatic rings. The molecule has 0 bridgehead atoms. The molecule has 1 aromatic heterocycles. The number of hydrogen-bond acceptors (Lipinski definition) is 5. The van der Waals surface area contributed by atoms with Crippen LogP contribution in [0.5, 0.6) is 0 Å². The maximum atomic E-state index is 12.2. The lowest BCUT2D eigenvalue weighted by molar-refractivity contribution is -0.124. The molecule has 2 amide bonds. The second kappa shape index (κ2) is 6.96. The third kappa shape index (κ3) is 4.76. The average Bonchev–Trinajstić information content (AvgIpc) is 2.92. The van der Waals surface area contributed by atoms with E-state index in [2.05, 4.69) is 20.8 Å². The maximum absolute atomic E-state index is 12.2. The van der Waals surface area contributed by atoms with E-state index < -0.39 is 6.04 Å². The molecular formula is C16H20N4O3S. The van der Waals surface area contributed by atoms with E-state index in [1.165, 1.54) is 0 Å². The minimum Gasteiger partial charge on any atom is -0.409 e. The van der Waals surface area contributed by atoms with Gasteiger partial charge < -0.3 is 15.1 Å². The van der Waals surface area contributed by atoms with E-state index in [1.807, 2.05) is 20.8 Å². The fourth-order valence-corrected chi connectivity index (χ4v) is 2.07. The van der Waals surface area contributed by atoms with Crippen LogP contribution in [-0.2, 0) is 4.79 Å². The predicted molar refractivity (Wildman–Crippen MR) is 91.9 cm³/mol. The summed E-state index contributed by atoms with van der Waals surface area (Å²) in [4.78, 5) is 24.4. The lowest BCUT2D eigenvalue weighted by atomic mass is 10.1. The summed E-state index contributed by atoms with van der Waals surface area (Å²) in [6.45, 7) is 7.28. The SMILES string of the molecule is C[C@H](NC(=O)c1ccc(-c2n[nH]c(=S)o2)cc1)C(=O)NC(C)(C)C. The zero-order valence-corrected chi connectivity index (χ0v) is 14.8. The Kier molecular flexibility index (Phi) is 5.18. The van der Waals surface area contributed by atoms with Gasteiger partial charge >= 0.3 is 0 Å². The van der Waals surface area contributed by atoms with Gasteiger partial charge in [0.25, 0.3) is 10.7 Å². The predicted octanol–water partition coefficient (Wildman–Crippen LogP) is 2.43. The van der Waals surface area contributed by atoms with Crippen molar-refractivity contribution < 1.29 is 14.0 Å². The standard InChI is InChI=1S/C16H20N4O3S/c1-9(12(21)18-16(2,3)4)17-13(22)10-5-7-11(8-6-10)14-19-20-15(24)23-14/h5-9H,1-4H3,(H,17,22)(H,18,21)(H,20,24)/t9-/m0/s1. The van der Waals surface area contributed by atoms with Gasteiger partial charge in [-0.2, -0.15) is 0 Å². The Bertz CT molecular complexity index is 787. The van der Waals surface area contributed by atoms with Gasteiger partial charge in [0.15, 0.2) is 0 Å². The van der Waals surface area contributed by atoms with Crippen LogP contribution in [0.25, 0.3) is 11.5 Å².